The minimum atomic E-state index is 0.223. The Kier molecular flexibility index (Phi) is 3.28. The Labute approximate surface area is 160 Å². The first-order chi connectivity index (χ1) is 13.9. The van der Waals surface area contributed by atoms with Crippen LogP contribution >= 0.6 is 0 Å². The van der Waals surface area contributed by atoms with E-state index in [1.165, 1.54) is 38.0 Å². The third kappa shape index (κ3) is 1.97. The highest BCUT2D eigenvalue weighted by molar-refractivity contribution is 6.34. The number of H-pyrrole nitrogens is 2. The zero-order valence-corrected chi connectivity index (χ0v) is 15.4. The molecule has 0 fully saturated rings. The Morgan fingerprint density at radius 2 is 1.71 bits per heavy atom. The maximum atomic E-state index is 9.27. The lowest BCUT2D eigenvalue weighted by atomic mass is 10.0. The normalized spacial score (nSPS) is 12.3. The van der Waals surface area contributed by atoms with Gasteiger partial charge in [-0.25, -0.2) is 4.98 Å². The molecule has 0 saturated heterocycles. The summed E-state index contributed by atoms with van der Waals surface area (Å²) in [6.07, 6.45) is 3.77. The van der Waals surface area contributed by atoms with Crippen LogP contribution in [-0.2, 0) is 6.54 Å². The molecule has 28 heavy (non-hydrogen) atoms. The second-order valence-corrected chi connectivity index (χ2v) is 7.38. The summed E-state index contributed by atoms with van der Waals surface area (Å²) in [4.78, 5) is 5.06. The largest absolute Gasteiger partial charge is 0.396 e. The summed E-state index contributed by atoms with van der Waals surface area (Å²) in [5.41, 5.74) is 5.59. The Morgan fingerprint density at radius 3 is 2.61 bits per heavy atom. The van der Waals surface area contributed by atoms with Gasteiger partial charge in [-0.3, -0.25) is 0 Å². The van der Waals surface area contributed by atoms with Crippen molar-refractivity contribution in [2.75, 3.05) is 6.61 Å². The van der Waals surface area contributed by atoms with E-state index in [4.69, 9.17) is 4.98 Å². The van der Waals surface area contributed by atoms with Gasteiger partial charge < -0.3 is 19.9 Å². The van der Waals surface area contributed by atoms with Crippen molar-refractivity contribution in [3.8, 4) is 0 Å². The lowest BCUT2D eigenvalue weighted by Gasteiger charge is -2.08. The lowest BCUT2D eigenvalue weighted by Crippen LogP contribution is -1.99. The fourth-order valence-corrected chi connectivity index (χ4v) is 4.66. The number of benzene rings is 3. The van der Waals surface area contributed by atoms with Crippen LogP contribution in [0.15, 0.2) is 54.7 Å². The predicted octanol–water partition coefficient (Wildman–Crippen LogP) is 5.08. The molecule has 0 aliphatic rings. The van der Waals surface area contributed by atoms with Gasteiger partial charge in [-0.1, -0.05) is 36.4 Å². The zero-order chi connectivity index (χ0) is 18.7. The van der Waals surface area contributed by atoms with Crippen LogP contribution in [-0.4, -0.2) is 31.5 Å². The number of aliphatic hydroxyl groups excluding tert-OH is 1. The number of rotatable bonds is 4. The molecule has 5 heteroatoms. The molecule has 3 N–H and O–H groups in total. The van der Waals surface area contributed by atoms with Gasteiger partial charge in [0.15, 0.2) is 0 Å². The van der Waals surface area contributed by atoms with Crippen LogP contribution in [0, 0.1) is 0 Å². The molecule has 0 radical (unpaired) electrons. The Morgan fingerprint density at radius 1 is 0.893 bits per heavy atom. The number of unbranched alkanes of at least 4 members (excludes halogenated alkanes) is 1. The molecule has 3 aromatic heterocycles. The third-order valence-electron chi connectivity index (χ3n) is 5.83. The summed E-state index contributed by atoms with van der Waals surface area (Å²) in [5.74, 6) is 0. The van der Waals surface area contributed by atoms with Gasteiger partial charge in [-0.05, 0) is 25.0 Å². The minimum Gasteiger partial charge on any atom is -0.396 e. The molecule has 5 nitrogen and oxygen atoms in total. The highest BCUT2D eigenvalue weighted by atomic mass is 16.2. The molecule has 0 amide bonds. The summed E-state index contributed by atoms with van der Waals surface area (Å²) < 4.78 is 2.38. The summed E-state index contributed by atoms with van der Waals surface area (Å²) in [6, 6.07) is 16.9. The van der Waals surface area contributed by atoms with Gasteiger partial charge in [0.25, 0.3) is 0 Å². The van der Waals surface area contributed by atoms with Gasteiger partial charge in [0.1, 0.15) is 0 Å². The molecule has 6 aromatic rings. The lowest BCUT2D eigenvalue weighted by molar-refractivity contribution is 0.282. The SMILES string of the molecule is OCCCCn1c2ccccc2c2c3[nH][nH]cc3c3c4ccccc4nc3c21. The van der Waals surface area contributed by atoms with Gasteiger partial charge >= 0.3 is 0 Å². The number of hydrogen-bond donors (Lipinski definition) is 3. The van der Waals surface area contributed by atoms with Crippen LogP contribution in [0.4, 0.5) is 0 Å². The van der Waals surface area contributed by atoms with E-state index in [1.807, 2.05) is 12.3 Å². The van der Waals surface area contributed by atoms with E-state index >= 15 is 0 Å². The number of fused-ring (bicyclic) bond motifs is 10. The van der Waals surface area contributed by atoms with Crippen LogP contribution in [0.3, 0.4) is 0 Å². The van der Waals surface area contributed by atoms with Crippen LogP contribution in [0.25, 0.3) is 54.5 Å². The Bertz CT molecular complexity index is 1480. The van der Waals surface area contributed by atoms with Crippen LogP contribution in [0.2, 0.25) is 0 Å². The standard InChI is InChI=1S/C23H20N4O/c28-12-6-5-11-27-18-10-4-2-8-15(18)20-21-16(13-24-26-21)19-14-7-1-3-9-17(14)25-22(19)23(20)27/h1-4,7-10,13,24,26,28H,5-6,11-12H2. The molecule has 0 unspecified atom stereocenters. The van der Waals surface area contributed by atoms with E-state index in [0.29, 0.717) is 0 Å². The van der Waals surface area contributed by atoms with Gasteiger partial charge in [0.2, 0.25) is 0 Å². The molecule has 0 atom stereocenters. The molecule has 0 saturated carbocycles. The van der Waals surface area contributed by atoms with Crippen molar-refractivity contribution in [2.24, 2.45) is 0 Å². The van der Waals surface area contributed by atoms with Gasteiger partial charge in [0.05, 0.1) is 22.1 Å². The quantitative estimate of drug-likeness (QED) is 0.380. The monoisotopic (exact) mass is 368 g/mol. The molecule has 6 rings (SSSR count). The summed E-state index contributed by atoms with van der Waals surface area (Å²) in [7, 11) is 0. The van der Waals surface area contributed by atoms with E-state index < -0.39 is 0 Å². The zero-order valence-electron chi connectivity index (χ0n) is 15.4. The highest BCUT2D eigenvalue weighted by Crippen LogP contribution is 2.42. The molecule has 0 aliphatic carbocycles. The van der Waals surface area contributed by atoms with E-state index in [0.717, 1.165) is 35.9 Å². The fourth-order valence-electron chi connectivity index (χ4n) is 4.66. The molecule has 3 heterocycles. The minimum absolute atomic E-state index is 0.223. The second kappa shape index (κ2) is 5.84. The van der Waals surface area contributed by atoms with E-state index in [1.54, 1.807) is 0 Å². The summed E-state index contributed by atoms with van der Waals surface area (Å²) in [5, 5.41) is 21.9. The van der Waals surface area contributed by atoms with E-state index in [9.17, 15) is 5.11 Å². The van der Waals surface area contributed by atoms with Gasteiger partial charge in [-0.15, -0.1) is 0 Å². The first kappa shape index (κ1) is 15.7. The highest BCUT2D eigenvalue weighted by Gasteiger charge is 2.21. The van der Waals surface area contributed by atoms with Crippen molar-refractivity contribution in [3.63, 3.8) is 0 Å². The fraction of sp³-hybridized carbons (Fsp3) is 0.174. The van der Waals surface area contributed by atoms with Crippen molar-refractivity contribution in [1.82, 2.24) is 19.7 Å². The molecule has 138 valence electrons. The first-order valence-corrected chi connectivity index (χ1v) is 9.76. The van der Waals surface area contributed by atoms with E-state index in [-0.39, 0.29) is 6.61 Å². The second-order valence-electron chi connectivity index (χ2n) is 7.38. The molecule has 3 aromatic carbocycles. The smallest absolute Gasteiger partial charge is 0.0967 e. The first-order valence-electron chi connectivity index (χ1n) is 9.76. The Hall–Kier alpha value is -3.31. The van der Waals surface area contributed by atoms with Crippen molar-refractivity contribution in [3.05, 3.63) is 54.7 Å². The maximum Gasteiger partial charge on any atom is 0.0967 e. The van der Waals surface area contributed by atoms with Crippen molar-refractivity contribution in [2.45, 2.75) is 19.4 Å². The van der Waals surface area contributed by atoms with E-state index in [2.05, 4.69) is 57.2 Å². The summed E-state index contributed by atoms with van der Waals surface area (Å²) >= 11 is 0. The van der Waals surface area contributed by atoms with Crippen LogP contribution in [0.5, 0.6) is 0 Å². The number of hydrogen-bond acceptors (Lipinski definition) is 2. The number of para-hydroxylation sites is 2. The number of aromatic amines is 2. The predicted molar refractivity (Wildman–Crippen MR) is 115 cm³/mol. The number of aromatic nitrogens is 4. The topological polar surface area (TPSA) is 69.6 Å². The number of aryl methyl sites for hydroxylation is 1. The van der Waals surface area contributed by atoms with Crippen molar-refractivity contribution >= 4 is 54.5 Å². The average Bonchev–Trinajstić information content (AvgIpc) is 3.41. The molecule has 0 spiro atoms. The Balaban J connectivity index is 1.88. The molecule has 0 aliphatic heterocycles. The van der Waals surface area contributed by atoms with Gasteiger partial charge in [-0.2, -0.15) is 0 Å². The van der Waals surface area contributed by atoms with Crippen molar-refractivity contribution < 1.29 is 5.11 Å². The molecule has 0 bridgehead atoms. The van der Waals surface area contributed by atoms with Crippen LogP contribution in [0.1, 0.15) is 12.8 Å². The maximum absolute atomic E-state index is 9.27. The third-order valence-corrected chi connectivity index (χ3v) is 5.83. The summed E-state index contributed by atoms with van der Waals surface area (Å²) in [6.45, 7) is 1.08. The number of nitrogens with zero attached hydrogens (tertiary/aromatic N) is 2. The number of nitrogens with one attached hydrogen (secondary N) is 2. The molecular weight excluding hydrogens is 348 g/mol. The molecular formula is C23H20N4O. The van der Waals surface area contributed by atoms with Gasteiger partial charge in [0, 0.05) is 51.8 Å². The average molecular weight is 368 g/mol. The number of aliphatic hydroxyl groups is 1. The van der Waals surface area contributed by atoms with Crippen molar-refractivity contribution in [1.29, 1.82) is 0 Å². The van der Waals surface area contributed by atoms with Crippen LogP contribution < -0.4 is 0 Å².